The van der Waals surface area contributed by atoms with Gasteiger partial charge in [0.2, 0.25) is 0 Å². The zero-order valence-electron chi connectivity index (χ0n) is 34.6. The molecule has 4 saturated heterocycles. The van der Waals surface area contributed by atoms with Crippen molar-refractivity contribution >= 4 is 40.8 Å². The number of morpholine rings is 1. The number of ether oxygens (including phenoxy) is 3. The van der Waals surface area contributed by atoms with E-state index < -0.39 is 18.0 Å². The van der Waals surface area contributed by atoms with Crippen molar-refractivity contribution < 1.29 is 37.8 Å². The molecule has 8 rings (SSSR count). The van der Waals surface area contributed by atoms with E-state index in [1.807, 2.05) is 47.1 Å². The number of aromatic nitrogens is 1. The van der Waals surface area contributed by atoms with Crippen LogP contribution in [0.15, 0.2) is 45.6 Å². The van der Waals surface area contributed by atoms with Crippen LogP contribution >= 0.6 is 0 Å². The second-order valence-electron chi connectivity index (χ2n) is 16.7. The number of rotatable bonds is 11. The maximum absolute atomic E-state index is 14.3. The summed E-state index contributed by atoms with van der Waals surface area (Å²) in [4.78, 5) is 80.7. The number of carbonyl (C=O) groups is 4. The Balaban J connectivity index is 0.839. The van der Waals surface area contributed by atoms with Gasteiger partial charge in [-0.2, -0.15) is 0 Å². The summed E-state index contributed by atoms with van der Waals surface area (Å²) in [6, 6.07) is 11.6. The minimum absolute atomic E-state index is 0.0250. The maximum atomic E-state index is 14.3. The van der Waals surface area contributed by atoms with Gasteiger partial charge in [0.1, 0.15) is 6.61 Å². The zero-order chi connectivity index (χ0) is 41.6. The van der Waals surface area contributed by atoms with Crippen molar-refractivity contribution in [1.82, 2.24) is 34.4 Å². The number of fused-ring (bicyclic) bond motifs is 2. The highest BCUT2D eigenvalue weighted by Gasteiger charge is 2.37. The van der Waals surface area contributed by atoms with Crippen LogP contribution in [-0.2, 0) is 36.6 Å². The largest absolute Gasteiger partial charge is 0.463 e. The van der Waals surface area contributed by atoms with Gasteiger partial charge >= 0.3 is 23.8 Å². The van der Waals surface area contributed by atoms with E-state index in [1.165, 1.54) is 0 Å². The first-order chi connectivity index (χ1) is 29.2. The lowest BCUT2D eigenvalue weighted by atomic mass is 9.99. The minimum Gasteiger partial charge on any atom is -0.463 e. The molecule has 4 amide bonds. The summed E-state index contributed by atoms with van der Waals surface area (Å²) in [6.45, 7) is 12.1. The third-order valence-corrected chi connectivity index (χ3v) is 12.9. The number of nitrogens with zero attached hydrogens (tertiary/aromatic N) is 6. The number of anilines is 1. The van der Waals surface area contributed by atoms with Gasteiger partial charge in [0.05, 0.1) is 25.3 Å². The number of para-hydroxylation sites is 1. The lowest BCUT2D eigenvalue weighted by Crippen LogP contribution is -2.55. The number of carbonyl (C=O) groups excluding carboxylic acids is 4. The van der Waals surface area contributed by atoms with Crippen LogP contribution in [0.2, 0.25) is 0 Å². The first-order valence-electron chi connectivity index (χ1n) is 21.6. The number of oxazole rings is 1. The predicted octanol–water partition coefficient (Wildman–Crippen LogP) is 2.52. The molecular weight excluding hydrogens is 773 g/mol. The fraction of sp³-hybridized carbons (Fsp3) is 0.605. The van der Waals surface area contributed by atoms with E-state index in [-0.39, 0.29) is 36.9 Å². The highest BCUT2D eigenvalue weighted by molar-refractivity contribution is 5.91. The number of amides is 4. The molecule has 60 heavy (non-hydrogen) atoms. The van der Waals surface area contributed by atoms with Crippen molar-refractivity contribution in [3.05, 3.63) is 63.6 Å². The van der Waals surface area contributed by atoms with Gasteiger partial charge in [-0.05, 0) is 67.9 Å². The van der Waals surface area contributed by atoms with Gasteiger partial charge in [0, 0.05) is 103 Å². The quantitative estimate of drug-likeness (QED) is 0.271. The Hall–Kier alpha value is -4.97. The molecule has 3 aromatic rings. The van der Waals surface area contributed by atoms with Crippen molar-refractivity contribution in [3.63, 3.8) is 0 Å². The van der Waals surface area contributed by atoms with E-state index >= 15 is 0 Å². The monoisotopic (exact) mass is 830 g/mol. The van der Waals surface area contributed by atoms with Gasteiger partial charge in [-0.1, -0.05) is 24.3 Å². The van der Waals surface area contributed by atoms with E-state index in [1.54, 1.807) is 11.0 Å². The molecule has 0 saturated carbocycles. The van der Waals surface area contributed by atoms with Gasteiger partial charge in [0.15, 0.2) is 11.7 Å². The molecule has 1 aromatic heterocycles. The van der Waals surface area contributed by atoms with Crippen LogP contribution in [0.25, 0.3) is 11.1 Å². The topological polar surface area (TPSA) is 173 Å². The minimum atomic E-state index is -1.08. The van der Waals surface area contributed by atoms with E-state index in [9.17, 15) is 24.0 Å². The van der Waals surface area contributed by atoms with E-state index in [0.29, 0.717) is 69.3 Å². The summed E-state index contributed by atoms with van der Waals surface area (Å²) < 4.78 is 22.4. The molecule has 0 bridgehead atoms. The van der Waals surface area contributed by atoms with Gasteiger partial charge < -0.3 is 38.6 Å². The molecule has 6 heterocycles. The smallest absolute Gasteiger partial charge is 0.417 e. The van der Waals surface area contributed by atoms with Crippen molar-refractivity contribution in [2.24, 2.45) is 0 Å². The summed E-state index contributed by atoms with van der Waals surface area (Å²) in [6.07, 6.45) is 2.01. The lowest BCUT2D eigenvalue weighted by molar-refractivity contribution is -0.146. The van der Waals surface area contributed by atoms with Crippen LogP contribution in [-0.4, -0.2) is 181 Å². The van der Waals surface area contributed by atoms with Gasteiger partial charge in [0.25, 0.3) is 5.91 Å². The molecule has 324 valence electrons. The van der Waals surface area contributed by atoms with Crippen LogP contribution in [0.5, 0.6) is 0 Å². The molecule has 17 nitrogen and oxygen atoms in total. The number of hydrogen-bond donors (Lipinski definition) is 2. The zero-order valence-corrected chi connectivity index (χ0v) is 34.6. The number of nitrogens with one attached hydrogen (secondary N) is 2. The number of esters is 1. The van der Waals surface area contributed by atoms with Crippen molar-refractivity contribution in [2.45, 2.75) is 63.6 Å². The molecule has 0 aliphatic carbocycles. The number of benzene rings is 2. The third-order valence-electron chi connectivity index (χ3n) is 12.9. The molecule has 5 aliphatic rings. The first-order valence-corrected chi connectivity index (χ1v) is 21.6. The Kier molecular flexibility index (Phi) is 13.3. The lowest BCUT2D eigenvalue weighted by Gasteiger charge is -2.43. The van der Waals surface area contributed by atoms with Gasteiger partial charge in [-0.25, -0.2) is 14.4 Å². The maximum Gasteiger partial charge on any atom is 0.417 e. The van der Waals surface area contributed by atoms with Crippen molar-refractivity contribution in [2.75, 3.05) is 110 Å². The number of aromatic amines is 1. The van der Waals surface area contributed by atoms with E-state index in [0.717, 1.165) is 101 Å². The molecule has 5 aliphatic heterocycles. The SMILES string of the molecule is Cc1cc(C[C@@H](OC(=O)N2CCC(N3CCc4ccccc4NC3=O)CC2)C(=O)N2CCC(N3CCN(CC(=O)OCCN4CCOCC4)CC3)CC2)cc2oc(=O)[nH]c12. The third kappa shape index (κ3) is 10.1. The number of H-pyrrole nitrogens is 1. The highest BCUT2D eigenvalue weighted by atomic mass is 16.6. The van der Waals surface area contributed by atoms with E-state index in [4.69, 9.17) is 18.6 Å². The van der Waals surface area contributed by atoms with Gasteiger partial charge in [-0.3, -0.25) is 29.3 Å². The Morgan fingerprint density at radius 3 is 2.32 bits per heavy atom. The Morgan fingerprint density at radius 2 is 1.55 bits per heavy atom. The summed E-state index contributed by atoms with van der Waals surface area (Å²) >= 11 is 0. The summed E-state index contributed by atoms with van der Waals surface area (Å²) in [5, 5.41) is 3.05. The molecule has 0 spiro atoms. The van der Waals surface area contributed by atoms with Crippen LogP contribution in [0, 0.1) is 6.92 Å². The van der Waals surface area contributed by atoms with Crippen LogP contribution in [0.3, 0.4) is 0 Å². The number of piperidine rings is 2. The van der Waals surface area contributed by atoms with Crippen LogP contribution in [0.4, 0.5) is 15.3 Å². The normalized spacial score (nSPS) is 21.0. The van der Waals surface area contributed by atoms with E-state index in [2.05, 4.69) is 25.0 Å². The van der Waals surface area contributed by atoms with Crippen LogP contribution in [0.1, 0.15) is 42.4 Å². The fourth-order valence-electron chi connectivity index (χ4n) is 9.38. The summed E-state index contributed by atoms with van der Waals surface area (Å²) in [5.41, 5.74) is 4.42. The second-order valence-corrected chi connectivity index (χ2v) is 16.7. The Bertz CT molecular complexity index is 2040. The molecule has 4 fully saturated rings. The average molecular weight is 831 g/mol. The Labute approximate surface area is 349 Å². The number of piperazine rings is 1. The number of aryl methyl sites for hydroxylation is 1. The van der Waals surface area contributed by atoms with Crippen molar-refractivity contribution in [3.8, 4) is 0 Å². The number of likely N-dealkylation sites (tertiary alicyclic amines) is 2. The first kappa shape index (κ1) is 41.8. The predicted molar refractivity (Wildman–Crippen MR) is 222 cm³/mol. The number of urea groups is 1. The number of hydrogen-bond acceptors (Lipinski definition) is 12. The highest BCUT2D eigenvalue weighted by Crippen LogP contribution is 2.27. The molecule has 0 radical (unpaired) electrons. The Morgan fingerprint density at radius 1 is 0.833 bits per heavy atom. The van der Waals surface area contributed by atoms with Crippen molar-refractivity contribution in [1.29, 1.82) is 0 Å². The molecule has 2 aromatic carbocycles. The van der Waals surface area contributed by atoms with Crippen LogP contribution < -0.4 is 11.1 Å². The molecule has 1 atom stereocenters. The molecule has 2 N–H and O–H groups in total. The standard InChI is InChI=1S/C43H58N8O9/c1-30-26-31(27-36-39(30)45-42(55)59-36)28-37(60-43(56)50-13-9-34(10-14-50)51-15-6-32-4-2-3-5-35(32)44-41(51)54)40(53)49-11-7-33(8-12-49)48-18-16-47(17-19-48)29-38(52)58-25-22-46-20-23-57-24-21-46/h2-5,26-27,33-34,37H,6-25,28-29H2,1H3,(H,44,54)(H,45,55)/t37-/m1/s1. The second kappa shape index (κ2) is 19.2. The molecule has 17 heteroatoms. The summed E-state index contributed by atoms with van der Waals surface area (Å²) in [7, 11) is 0. The summed E-state index contributed by atoms with van der Waals surface area (Å²) in [5.74, 6) is -0.996. The average Bonchev–Trinajstić information content (AvgIpc) is 3.56. The van der Waals surface area contributed by atoms with Gasteiger partial charge in [-0.15, -0.1) is 0 Å². The fourth-order valence-corrected chi connectivity index (χ4v) is 9.38. The molecular formula is C43H58N8O9. The molecule has 0 unspecified atom stereocenters.